The molecule has 6 nitrogen and oxygen atoms in total. The number of aryl methyl sites for hydroxylation is 1. The average Bonchev–Trinajstić information content (AvgIpc) is 2.94. The second kappa shape index (κ2) is 7.35. The second-order valence-corrected chi connectivity index (χ2v) is 6.43. The van der Waals surface area contributed by atoms with E-state index in [-0.39, 0.29) is 12.2 Å². The Morgan fingerprint density at radius 2 is 2.04 bits per heavy atom. The van der Waals surface area contributed by atoms with Crippen LogP contribution in [-0.2, 0) is 6.54 Å². The van der Waals surface area contributed by atoms with Crippen molar-refractivity contribution in [1.82, 2.24) is 14.5 Å². The van der Waals surface area contributed by atoms with Gasteiger partial charge in [0.2, 0.25) is 5.88 Å². The molecule has 0 bridgehead atoms. The van der Waals surface area contributed by atoms with E-state index >= 15 is 0 Å². The van der Waals surface area contributed by atoms with Crippen molar-refractivity contribution in [1.29, 1.82) is 0 Å². The Hall–Kier alpha value is -2.57. The normalized spacial score (nSPS) is 10.8. The standard InChI is InChI=1S/C18H15Cl2N3O3/c1-10-16(18(24)25)23(9-12-7-13(19)4-5-14(12)20)17(22-10)11-3-6-15(26-2)21-8-11/h3-8H,9H2,1-2H3,(H,24,25). The molecule has 0 spiro atoms. The lowest BCUT2D eigenvalue weighted by Gasteiger charge is -2.12. The van der Waals surface area contributed by atoms with Crippen molar-refractivity contribution in [2.45, 2.75) is 13.5 Å². The lowest BCUT2D eigenvalue weighted by molar-refractivity contribution is 0.0685. The summed E-state index contributed by atoms with van der Waals surface area (Å²) in [6, 6.07) is 8.53. The molecule has 0 amide bonds. The Labute approximate surface area is 160 Å². The number of carboxylic acids is 1. The Bertz CT molecular complexity index is 969. The number of aromatic carboxylic acids is 1. The first-order chi connectivity index (χ1) is 12.4. The van der Waals surface area contributed by atoms with Crippen LogP contribution in [0.15, 0.2) is 36.5 Å². The highest BCUT2D eigenvalue weighted by Gasteiger charge is 2.22. The van der Waals surface area contributed by atoms with Crippen LogP contribution in [-0.4, -0.2) is 32.7 Å². The molecule has 0 aliphatic rings. The van der Waals surface area contributed by atoms with Gasteiger partial charge in [-0.2, -0.15) is 0 Å². The Balaban J connectivity index is 2.14. The summed E-state index contributed by atoms with van der Waals surface area (Å²) >= 11 is 12.3. The molecule has 0 saturated heterocycles. The summed E-state index contributed by atoms with van der Waals surface area (Å²) in [7, 11) is 1.52. The third kappa shape index (κ3) is 3.52. The van der Waals surface area contributed by atoms with Gasteiger partial charge in [-0.1, -0.05) is 23.2 Å². The fourth-order valence-corrected chi connectivity index (χ4v) is 3.06. The molecule has 0 saturated carbocycles. The van der Waals surface area contributed by atoms with Gasteiger partial charge in [0.05, 0.1) is 19.3 Å². The van der Waals surface area contributed by atoms with Crippen molar-refractivity contribution in [2.24, 2.45) is 0 Å². The van der Waals surface area contributed by atoms with Crippen LogP contribution in [0.2, 0.25) is 10.0 Å². The van der Waals surface area contributed by atoms with E-state index in [0.717, 1.165) is 0 Å². The number of methoxy groups -OCH3 is 1. The highest BCUT2D eigenvalue weighted by Crippen LogP contribution is 2.27. The fourth-order valence-electron chi connectivity index (χ4n) is 2.69. The van der Waals surface area contributed by atoms with Gasteiger partial charge in [0.25, 0.3) is 0 Å². The van der Waals surface area contributed by atoms with Crippen LogP contribution in [0.3, 0.4) is 0 Å². The first-order valence-electron chi connectivity index (χ1n) is 7.65. The quantitative estimate of drug-likeness (QED) is 0.700. The van der Waals surface area contributed by atoms with Crippen molar-refractivity contribution in [3.05, 3.63) is 63.5 Å². The molecule has 0 fully saturated rings. The lowest BCUT2D eigenvalue weighted by Crippen LogP contribution is -2.12. The molecule has 0 atom stereocenters. The monoisotopic (exact) mass is 391 g/mol. The summed E-state index contributed by atoms with van der Waals surface area (Å²) in [4.78, 5) is 20.4. The van der Waals surface area contributed by atoms with Crippen LogP contribution in [0.1, 0.15) is 21.7 Å². The number of aromatic nitrogens is 3. The number of carboxylic acid groups (broad SMARTS) is 1. The molecule has 0 unspecified atom stereocenters. The molecule has 3 aromatic rings. The van der Waals surface area contributed by atoms with Gasteiger partial charge in [0.1, 0.15) is 5.82 Å². The molecule has 0 aliphatic carbocycles. The number of pyridine rings is 1. The minimum atomic E-state index is -1.07. The molecular weight excluding hydrogens is 377 g/mol. The molecule has 8 heteroatoms. The van der Waals surface area contributed by atoms with Gasteiger partial charge in [0, 0.05) is 27.9 Å². The highest BCUT2D eigenvalue weighted by molar-refractivity contribution is 6.33. The fraction of sp³-hybridized carbons (Fsp3) is 0.167. The van der Waals surface area contributed by atoms with Crippen molar-refractivity contribution in [2.75, 3.05) is 7.11 Å². The number of ether oxygens (including phenoxy) is 1. The van der Waals surface area contributed by atoms with E-state index in [0.29, 0.717) is 38.6 Å². The van der Waals surface area contributed by atoms with Gasteiger partial charge >= 0.3 is 5.97 Å². The van der Waals surface area contributed by atoms with E-state index in [2.05, 4.69) is 9.97 Å². The molecule has 3 rings (SSSR count). The van der Waals surface area contributed by atoms with Gasteiger partial charge in [-0.25, -0.2) is 14.8 Å². The maximum atomic E-state index is 11.8. The Morgan fingerprint density at radius 1 is 1.27 bits per heavy atom. The summed E-state index contributed by atoms with van der Waals surface area (Å²) in [5.41, 5.74) is 1.86. The Morgan fingerprint density at radius 3 is 2.65 bits per heavy atom. The van der Waals surface area contributed by atoms with Crippen LogP contribution < -0.4 is 4.74 Å². The summed E-state index contributed by atoms with van der Waals surface area (Å²) in [5, 5.41) is 10.7. The van der Waals surface area contributed by atoms with Gasteiger partial charge in [0.15, 0.2) is 5.69 Å². The van der Waals surface area contributed by atoms with E-state index in [1.165, 1.54) is 7.11 Å². The van der Waals surface area contributed by atoms with Crippen LogP contribution in [0.25, 0.3) is 11.4 Å². The van der Waals surface area contributed by atoms with E-state index in [1.54, 1.807) is 48.0 Å². The molecule has 0 aliphatic heterocycles. The molecule has 2 aromatic heterocycles. The van der Waals surface area contributed by atoms with Crippen LogP contribution in [0, 0.1) is 6.92 Å². The SMILES string of the molecule is COc1ccc(-c2nc(C)c(C(=O)O)n2Cc2cc(Cl)ccc2Cl)cn1. The van der Waals surface area contributed by atoms with Gasteiger partial charge in [-0.15, -0.1) is 0 Å². The van der Waals surface area contributed by atoms with Gasteiger partial charge in [-0.3, -0.25) is 0 Å². The average molecular weight is 392 g/mol. The van der Waals surface area contributed by atoms with E-state index < -0.39 is 5.97 Å². The number of imidazole rings is 1. The van der Waals surface area contributed by atoms with E-state index in [4.69, 9.17) is 27.9 Å². The molecule has 0 radical (unpaired) electrons. The van der Waals surface area contributed by atoms with Gasteiger partial charge < -0.3 is 14.4 Å². The third-order valence-corrected chi connectivity index (χ3v) is 4.49. The molecule has 134 valence electrons. The lowest BCUT2D eigenvalue weighted by atomic mass is 10.2. The summed E-state index contributed by atoms with van der Waals surface area (Å²) in [5.74, 6) is -0.133. The number of hydrogen-bond acceptors (Lipinski definition) is 4. The highest BCUT2D eigenvalue weighted by atomic mass is 35.5. The summed E-state index contributed by atoms with van der Waals surface area (Å²) < 4.78 is 6.66. The minimum absolute atomic E-state index is 0.0897. The third-order valence-electron chi connectivity index (χ3n) is 3.88. The molecule has 26 heavy (non-hydrogen) atoms. The zero-order valence-corrected chi connectivity index (χ0v) is 15.5. The van der Waals surface area contributed by atoms with Crippen molar-refractivity contribution in [3.63, 3.8) is 0 Å². The minimum Gasteiger partial charge on any atom is -0.481 e. The van der Waals surface area contributed by atoms with Crippen LogP contribution in [0.4, 0.5) is 0 Å². The maximum Gasteiger partial charge on any atom is 0.354 e. The number of halogens is 2. The van der Waals surface area contributed by atoms with Crippen LogP contribution >= 0.6 is 23.2 Å². The van der Waals surface area contributed by atoms with Gasteiger partial charge in [-0.05, 0) is 36.8 Å². The number of benzene rings is 1. The molecular formula is C18H15Cl2N3O3. The number of carbonyl (C=O) groups is 1. The number of nitrogens with zero attached hydrogens (tertiary/aromatic N) is 3. The van der Waals surface area contributed by atoms with Crippen molar-refractivity contribution >= 4 is 29.2 Å². The zero-order valence-electron chi connectivity index (χ0n) is 14.0. The van der Waals surface area contributed by atoms with E-state index in [1.807, 2.05) is 0 Å². The second-order valence-electron chi connectivity index (χ2n) is 5.59. The number of rotatable bonds is 5. The van der Waals surface area contributed by atoms with Crippen molar-refractivity contribution in [3.8, 4) is 17.3 Å². The number of hydrogen-bond donors (Lipinski definition) is 1. The largest absolute Gasteiger partial charge is 0.481 e. The van der Waals surface area contributed by atoms with E-state index in [9.17, 15) is 9.90 Å². The topological polar surface area (TPSA) is 77.2 Å². The summed E-state index contributed by atoms with van der Waals surface area (Å²) in [6.07, 6.45) is 1.59. The molecule has 2 heterocycles. The smallest absolute Gasteiger partial charge is 0.354 e. The summed E-state index contributed by atoms with van der Waals surface area (Å²) in [6.45, 7) is 1.86. The molecule has 1 aromatic carbocycles. The first kappa shape index (κ1) is 18.2. The predicted octanol–water partition coefficient (Wildman–Crippen LogP) is 4.32. The molecule has 1 N–H and O–H groups in total. The zero-order chi connectivity index (χ0) is 18.8. The predicted molar refractivity (Wildman–Crippen MR) is 99.3 cm³/mol. The Kier molecular flexibility index (Phi) is 5.15. The maximum absolute atomic E-state index is 11.8. The van der Waals surface area contributed by atoms with Crippen molar-refractivity contribution < 1.29 is 14.6 Å². The first-order valence-corrected chi connectivity index (χ1v) is 8.41. The van der Waals surface area contributed by atoms with Crippen LogP contribution in [0.5, 0.6) is 5.88 Å².